The molecule has 1 saturated heterocycles. The summed E-state index contributed by atoms with van der Waals surface area (Å²) in [6, 6.07) is 1.78. The van der Waals surface area contributed by atoms with Crippen LogP contribution >= 0.6 is 0 Å². The van der Waals surface area contributed by atoms with E-state index in [9.17, 15) is 13.2 Å². The van der Waals surface area contributed by atoms with Crippen LogP contribution in [0.3, 0.4) is 0 Å². The smallest absolute Gasteiger partial charge is 0.384 e. The number of hydrogen-bond donors (Lipinski definition) is 2. The molecule has 2 heterocycles. The largest absolute Gasteiger partial charge is 0.416 e. The molecule has 0 amide bonds. The number of nitrogens with one attached hydrogen (secondary N) is 1. The van der Waals surface area contributed by atoms with Crippen LogP contribution in [-0.2, 0) is 10.9 Å². The lowest BCUT2D eigenvalue weighted by atomic mass is 10.0. The average Bonchev–Trinajstić information content (AvgIpc) is 2.62. The molecule has 1 aromatic heterocycles. The molecule has 7 heteroatoms. The van der Waals surface area contributed by atoms with Crippen molar-refractivity contribution in [3.05, 3.63) is 17.7 Å². The van der Waals surface area contributed by atoms with Crippen molar-refractivity contribution < 1.29 is 17.9 Å². The van der Waals surface area contributed by atoms with Crippen LogP contribution in [0, 0.1) is 0 Å². The number of ether oxygens (including phenoxy) is 1. The quantitative estimate of drug-likeness (QED) is 0.857. The molecule has 1 fully saturated rings. The molecule has 1 unspecified atom stereocenters. The maximum atomic E-state index is 12.6. The van der Waals surface area contributed by atoms with Gasteiger partial charge in [-0.2, -0.15) is 13.2 Å². The Labute approximate surface area is 102 Å². The van der Waals surface area contributed by atoms with Crippen LogP contribution in [0.2, 0.25) is 0 Å². The van der Waals surface area contributed by atoms with E-state index in [2.05, 4.69) is 10.3 Å². The molecule has 18 heavy (non-hydrogen) atoms. The van der Waals surface area contributed by atoms with Crippen molar-refractivity contribution in [3.8, 4) is 0 Å². The number of nitrogen functional groups attached to an aromatic ring is 1. The highest BCUT2D eigenvalue weighted by atomic mass is 19.4. The molecule has 2 rings (SSSR count). The fourth-order valence-electron chi connectivity index (χ4n) is 1.85. The third-order valence-corrected chi connectivity index (χ3v) is 2.82. The van der Waals surface area contributed by atoms with Crippen molar-refractivity contribution in [2.45, 2.75) is 25.1 Å². The fourth-order valence-corrected chi connectivity index (χ4v) is 1.85. The minimum absolute atomic E-state index is 0.121. The van der Waals surface area contributed by atoms with Gasteiger partial charge in [0.25, 0.3) is 0 Å². The van der Waals surface area contributed by atoms with Gasteiger partial charge in [-0.05, 0) is 25.5 Å². The van der Waals surface area contributed by atoms with Crippen LogP contribution in [0.4, 0.5) is 24.8 Å². The van der Waals surface area contributed by atoms with E-state index in [-0.39, 0.29) is 11.6 Å². The number of nitrogens with zero attached hydrogens (tertiary/aromatic N) is 1. The number of anilines is 2. The van der Waals surface area contributed by atoms with E-state index in [1.54, 1.807) is 0 Å². The first-order valence-electron chi connectivity index (χ1n) is 5.49. The van der Waals surface area contributed by atoms with Crippen molar-refractivity contribution in [2.75, 3.05) is 24.3 Å². The molecular weight excluding hydrogens is 247 g/mol. The summed E-state index contributed by atoms with van der Waals surface area (Å²) in [6.07, 6.45) is -3.72. The van der Waals surface area contributed by atoms with Crippen molar-refractivity contribution in [2.24, 2.45) is 0 Å². The number of nitrogens with two attached hydrogens (primary N) is 1. The number of halogens is 3. The first kappa shape index (κ1) is 12.9. The van der Waals surface area contributed by atoms with E-state index in [1.165, 1.54) is 0 Å². The second-order valence-corrected chi connectivity index (χ2v) is 4.65. The van der Waals surface area contributed by atoms with E-state index >= 15 is 0 Å². The zero-order chi connectivity index (χ0) is 13.4. The van der Waals surface area contributed by atoms with Crippen molar-refractivity contribution in [1.82, 2.24) is 4.98 Å². The first-order chi connectivity index (χ1) is 8.28. The van der Waals surface area contributed by atoms with Gasteiger partial charge in [-0.25, -0.2) is 4.98 Å². The highest BCUT2D eigenvalue weighted by Gasteiger charge is 2.33. The Balaban J connectivity index is 2.25. The molecule has 1 aromatic rings. The summed E-state index contributed by atoms with van der Waals surface area (Å²) >= 11 is 0. The highest BCUT2D eigenvalue weighted by Crippen LogP contribution is 2.32. The Bertz CT molecular complexity index is 442. The molecule has 0 saturated carbocycles. The fraction of sp³-hybridized carbons (Fsp3) is 0.545. The third-order valence-electron chi connectivity index (χ3n) is 2.82. The van der Waals surface area contributed by atoms with E-state index in [1.807, 2.05) is 6.92 Å². The molecule has 1 aliphatic heterocycles. The predicted octanol–water partition coefficient (Wildman–Crippen LogP) is 2.27. The van der Waals surface area contributed by atoms with Gasteiger partial charge in [0.15, 0.2) is 0 Å². The Morgan fingerprint density at radius 3 is 2.72 bits per heavy atom. The summed E-state index contributed by atoms with van der Waals surface area (Å²) in [6.45, 7) is 2.89. The van der Waals surface area contributed by atoms with Gasteiger partial charge < -0.3 is 15.8 Å². The van der Waals surface area contributed by atoms with Crippen molar-refractivity contribution in [3.63, 3.8) is 0 Å². The topological polar surface area (TPSA) is 60.2 Å². The normalized spacial score (nSPS) is 24.2. The lowest BCUT2D eigenvalue weighted by molar-refractivity contribution is -0.137. The number of aromatic nitrogens is 1. The summed E-state index contributed by atoms with van der Waals surface area (Å²) in [4.78, 5) is 3.87. The first-order valence-corrected chi connectivity index (χ1v) is 5.49. The standard InChI is InChI=1S/C11H14F3N3O/c1-10(2-3-18-6-10)17-9-5-7(11(12,13)14)4-8(15)16-9/h4-5H,2-3,6H2,1H3,(H3,15,16,17). The molecule has 1 aliphatic rings. The zero-order valence-corrected chi connectivity index (χ0v) is 9.84. The monoisotopic (exact) mass is 261 g/mol. The van der Waals surface area contributed by atoms with Crippen LogP contribution < -0.4 is 11.1 Å². The number of rotatable bonds is 2. The number of hydrogen-bond acceptors (Lipinski definition) is 4. The lowest BCUT2D eigenvalue weighted by Gasteiger charge is -2.24. The van der Waals surface area contributed by atoms with Crippen LogP contribution in [0.1, 0.15) is 18.9 Å². The summed E-state index contributed by atoms with van der Waals surface area (Å²) < 4.78 is 43.1. The molecule has 4 nitrogen and oxygen atoms in total. The average molecular weight is 261 g/mol. The van der Waals surface area contributed by atoms with Crippen LogP contribution in [0.5, 0.6) is 0 Å². The molecule has 1 atom stereocenters. The van der Waals surface area contributed by atoms with E-state index in [0.29, 0.717) is 19.6 Å². The van der Waals surface area contributed by atoms with Gasteiger partial charge in [-0.3, -0.25) is 0 Å². The summed E-state index contributed by atoms with van der Waals surface area (Å²) in [7, 11) is 0. The maximum Gasteiger partial charge on any atom is 0.416 e. The Morgan fingerprint density at radius 2 is 2.17 bits per heavy atom. The Hall–Kier alpha value is -1.50. The van der Waals surface area contributed by atoms with Crippen LogP contribution in [0.15, 0.2) is 12.1 Å². The van der Waals surface area contributed by atoms with Crippen LogP contribution in [0.25, 0.3) is 0 Å². The number of alkyl halides is 3. The van der Waals surface area contributed by atoms with E-state index < -0.39 is 17.3 Å². The van der Waals surface area contributed by atoms with Gasteiger partial charge >= 0.3 is 6.18 Å². The Morgan fingerprint density at radius 1 is 1.44 bits per heavy atom. The molecule has 0 spiro atoms. The lowest BCUT2D eigenvalue weighted by Crippen LogP contribution is -2.35. The summed E-state index contributed by atoms with van der Waals surface area (Å²) in [5.41, 5.74) is 4.19. The minimum Gasteiger partial charge on any atom is -0.384 e. The molecule has 0 aromatic carbocycles. The minimum atomic E-state index is -4.43. The molecule has 0 aliphatic carbocycles. The van der Waals surface area contributed by atoms with E-state index in [4.69, 9.17) is 10.5 Å². The maximum absolute atomic E-state index is 12.6. The Kier molecular flexibility index (Phi) is 3.10. The summed E-state index contributed by atoms with van der Waals surface area (Å²) in [5, 5.41) is 2.95. The van der Waals surface area contributed by atoms with Crippen molar-refractivity contribution in [1.29, 1.82) is 0 Å². The predicted molar refractivity (Wildman–Crippen MR) is 61.1 cm³/mol. The number of pyridine rings is 1. The second kappa shape index (κ2) is 4.31. The zero-order valence-electron chi connectivity index (χ0n) is 9.84. The van der Waals surface area contributed by atoms with E-state index in [0.717, 1.165) is 12.1 Å². The van der Waals surface area contributed by atoms with Crippen molar-refractivity contribution >= 4 is 11.6 Å². The molecule has 100 valence electrons. The van der Waals surface area contributed by atoms with Gasteiger partial charge in [0.05, 0.1) is 17.7 Å². The van der Waals surface area contributed by atoms with Gasteiger partial charge in [-0.15, -0.1) is 0 Å². The van der Waals surface area contributed by atoms with Gasteiger partial charge in [0.2, 0.25) is 0 Å². The van der Waals surface area contributed by atoms with Crippen LogP contribution in [-0.4, -0.2) is 23.7 Å². The molecule has 0 radical (unpaired) electrons. The second-order valence-electron chi connectivity index (χ2n) is 4.65. The third kappa shape index (κ3) is 2.84. The van der Waals surface area contributed by atoms with Gasteiger partial charge in [-0.1, -0.05) is 0 Å². The molecule has 0 bridgehead atoms. The van der Waals surface area contributed by atoms with Gasteiger partial charge in [0.1, 0.15) is 11.6 Å². The molecule has 3 N–H and O–H groups in total. The van der Waals surface area contributed by atoms with Gasteiger partial charge in [0, 0.05) is 6.61 Å². The SMILES string of the molecule is CC1(Nc2cc(C(F)(F)F)cc(N)n2)CCOC1. The highest BCUT2D eigenvalue weighted by molar-refractivity contribution is 5.49. The summed E-state index contributed by atoms with van der Waals surface area (Å²) in [5.74, 6) is -0.0369. The molecular formula is C11H14F3N3O.